The Bertz CT molecular complexity index is 223. The van der Waals surface area contributed by atoms with Crippen LogP contribution in [0.1, 0.15) is 51.9 Å². The molecular weight excluding hydrogens is 341 g/mol. The van der Waals surface area contributed by atoms with E-state index in [2.05, 4.69) is 0 Å². The number of aliphatic hydroxyl groups is 1. The molecule has 0 aliphatic rings. The molecule has 1 N–H and O–H groups in total. The normalized spacial score (nSPS) is 13.7. The van der Waals surface area contributed by atoms with Gasteiger partial charge in [-0.15, -0.1) is 0 Å². The standard InChI is InChI=1S/C12H21F2IO2/c1-2-3-4-5-6-11(17)12(13,14)9-10(15)7-8-16/h10,16H,2-9H2,1H3. The molecule has 1 atom stereocenters. The molecule has 0 rings (SSSR count). The van der Waals surface area contributed by atoms with E-state index >= 15 is 0 Å². The molecule has 0 radical (unpaired) electrons. The quantitative estimate of drug-likeness (QED) is 0.365. The van der Waals surface area contributed by atoms with Crippen molar-refractivity contribution in [2.75, 3.05) is 6.61 Å². The van der Waals surface area contributed by atoms with E-state index in [0.29, 0.717) is 12.8 Å². The number of rotatable bonds is 10. The van der Waals surface area contributed by atoms with Gasteiger partial charge in [0.1, 0.15) is 0 Å². The molecule has 0 saturated heterocycles. The van der Waals surface area contributed by atoms with Gasteiger partial charge < -0.3 is 5.11 Å². The maximum Gasteiger partial charge on any atom is 0.306 e. The van der Waals surface area contributed by atoms with Crippen LogP contribution in [0, 0.1) is 0 Å². The molecular formula is C12H21F2IO2. The van der Waals surface area contributed by atoms with E-state index < -0.39 is 18.1 Å². The van der Waals surface area contributed by atoms with Crippen LogP contribution >= 0.6 is 22.6 Å². The molecule has 0 aromatic heterocycles. The minimum absolute atomic E-state index is 0.0323. The Kier molecular flexibility index (Phi) is 9.31. The van der Waals surface area contributed by atoms with E-state index in [1.807, 2.05) is 29.5 Å². The highest BCUT2D eigenvalue weighted by Gasteiger charge is 2.39. The van der Waals surface area contributed by atoms with Crippen LogP contribution in [0.4, 0.5) is 8.78 Å². The van der Waals surface area contributed by atoms with Gasteiger partial charge in [-0.05, 0) is 12.8 Å². The molecule has 0 saturated carbocycles. The van der Waals surface area contributed by atoms with E-state index in [4.69, 9.17) is 5.11 Å². The Morgan fingerprint density at radius 1 is 1.35 bits per heavy atom. The Labute approximate surface area is 115 Å². The summed E-state index contributed by atoms with van der Waals surface area (Å²) < 4.78 is 26.6. The van der Waals surface area contributed by atoms with Gasteiger partial charge in [-0.1, -0.05) is 48.8 Å². The second-order valence-corrected chi connectivity index (χ2v) is 6.01. The van der Waals surface area contributed by atoms with Gasteiger partial charge in [0.15, 0.2) is 0 Å². The molecule has 0 spiro atoms. The molecule has 1 unspecified atom stereocenters. The van der Waals surface area contributed by atoms with Crippen molar-refractivity contribution in [1.29, 1.82) is 0 Å². The number of ketones is 1. The lowest BCUT2D eigenvalue weighted by Crippen LogP contribution is -2.31. The lowest BCUT2D eigenvalue weighted by Gasteiger charge is -2.18. The van der Waals surface area contributed by atoms with Crippen molar-refractivity contribution in [3.05, 3.63) is 0 Å². The summed E-state index contributed by atoms with van der Waals surface area (Å²) in [7, 11) is 0. The van der Waals surface area contributed by atoms with E-state index in [1.54, 1.807) is 0 Å². The Morgan fingerprint density at radius 2 is 2.00 bits per heavy atom. The van der Waals surface area contributed by atoms with E-state index in [9.17, 15) is 13.6 Å². The minimum Gasteiger partial charge on any atom is -0.396 e. The summed E-state index contributed by atoms with van der Waals surface area (Å²) in [4.78, 5) is 11.4. The Hall–Kier alpha value is 0.220. The first-order chi connectivity index (χ1) is 7.94. The van der Waals surface area contributed by atoms with Gasteiger partial charge in [-0.2, -0.15) is 8.78 Å². The molecule has 0 fully saturated rings. The summed E-state index contributed by atoms with van der Waals surface area (Å²) in [6.07, 6.45) is 3.21. The molecule has 0 aromatic rings. The number of hydrogen-bond donors (Lipinski definition) is 1. The molecule has 5 heteroatoms. The molecule has 0 aromatic carbocycles. The van der Waals surface area contributed by atoms with Crippen LogP contribution < -0.4 is 0 Å². The van der Waals surface area contributed by atoms with Gasteiger partial charge in [0, 0.05) is 23.4 Å². The third kappa shape index (κ3) is 8.02. The van der Waals surface area contributed by atoms with Crippen molar-refractivity contribution in [2.24, 2.45) is 0 Å². The van der Waals surface area contributed by atoms with Crippen molar-refractivity contribution in [3.63, 3.8) is 0 Å². The van der Waals surface area contributed by atoms with Gasteiger partial charge >= 0.3 is 5.92 Å². The monoisotopic (exact) mass is 362 g/mol. The summed E-state index contributed by atoms with van der Waals surface area (Å²) in [5.41, 5.74) is 0. The van der Waals surface area contributed by atoms with Crippen LogP contribution in [0.3, 0.4) is 0 Å². The molecule has 0 aliphatic carbocycles. The molecule has 0 aliphatic heterocycles. The van der Waals surface area contributed by atoms with Crippen LogP contribution in [0.5, 0.6) is 0 Å². The van der Waals surface area contributed by atoms with E-state index in [1.165, 1.54) is 0 Å². The predicted octanol–water partition coefficient (Wildman–Crippen LogP) is 3.74. The molecule has 0 bridgehead atoms. The average Bonchev–Trinajstić information content (AvgIpc) is 2.23. The number of aliphatic hydroxyl groups excluding tert-OH is 1. The summed E-state index contributed by atoms with van der Waals surface area (Å²) in [5.74, 6) is -4.18. The lowest BCUT2D eigenvalue weighted by atomic mass is 10.0. The molecule has 0 heterocycles. The van der Waals surface area contributed by atoms with Gasteiger partial charge in [0.05, 0.1) is 0 Å². The smallest absolute Gasteiger partial charge is 0.306 e. The maximum atomic E-state index is 13.5. The number of carbonyl (C=O) groups excluding carboxylic acids is 1. The van der Waals surface area contributed by atoms with E-state index in [-0.39, 0.29) is 17.0 Å². The van der Waals surface area contributed by atoms with Crippen molar-refractivity contribution in [1.82, 2.24) is 0 Å². The molecule has 2 nitrogen and oxygen atoms in total. The van der Waals surface area contributed by atoms with Crippen LogP contribution in [0.15, 0.2) is 0 Å². The van der Waals surface area contributed by atoms with Gasteiger partial charge in [0.25, 0.3) is 0 Å². The number of unbranched alkanes of at least 4 members (excludes halogenated alkanes) is 3. The van der Waals surface area contributed by atoms with Crippen molar-refractivity contribution in [2.45, 2.75) is 61.7 Å². The Morgan fingerprint density at radius 3 is 2.53 bits per heavy atom. The maximum absolute atomic E-state index is 13.5. The average molecular weight is 362 g/mol. The predicted molar refractivity (Wildman–Crippen MR) is 72.8 cm³/mol. The van der Waals surface area contributed by atoms with Crippen LogP contribution in [0.2, 0.25) is 0 Å². The van der Waals surface area contributed by atoms with Gasteiger partial charge in [0.2, 0.25) is 5.78 Å². The third-order valence-electron chi connectivity index (χ3n) is 2.59. The highest BCUT2D eigenvalue weighted by molar-refractivity contribution is 14.1. The molecule has 0 amide bonds. The SMILES string of the molecule is CCCCCCC(=O)C(F)(F)CC(I)CCO. The first kappa shape index (κ1) is 17.2. The molecule has 102 valence electrons. The summed E-state index contributed by atoms with van der Waals surface area (Å²) in [6, 6.07) is 0. The largest absolute Gasteiger partial charge is 0.396 e. The minimum atomic E-state index is -3.23. The van der Waals surface area contributed by atoms with Crippen molar-refractivity contribution in [3.8, 4) is 0 Å². The topological polar surface area (TPSA) is 37.3 Å². The highest BCUT2D eigenvalue weighted by atomic mass is 127. The lowest BCUT2D eigenvalue weighted by molar-refractivity contribution is -0.144. The first-order valence-corrected chi connectivity index (χ1v) is 7.34. The fourth-order valence-electron chi connectivity index (χ4n) is 1.53. The number of hydrogen-bond acceptors (Lipinski definition) is 2. The fraction of sp³-hybridized carbons (Fsp3) is 0.917. The van der Waals surface area contributed by atoms with Crippen molar-refractivity contribution >= 4 is 28.4 Å². The van der Waals surface area contributed by atoms with Crippen LogP contribution in [0.25, 0.3) is 0 Å². The highest BCUT2D eigenvalue weighted by Crippen LogP contribution is 2.28. The summed E-state index contributed by atoms with van der Waals surface area (Å²) in [6.45, 7) is 1.92. The van der Waals surface area contributed by atoms with Gasteiger partial charge in [-0.25, -0.2) is 0 Å². The third-order valence-corrected chi connectivity index (χ3v) is 3.65. The van der Waals surface area contributed by atoms with E-state index in [0.717, 1.165) is 19.3 Å². The zero-order chi connectivity index (χ0) is 13.3. The number of Topliss-reactive ketones (excluding diaryl/α,β-unsaturated/α-hetero) is 1. The van der Waals surface area contributed by atoms with Crippen LogP contribution in [-0.2, 0) is 4.79 Å². The zero-order valence-corrected chi connectivity index (χ0v) is 12.4. The van der Waals surface area contributed by atoms with Crippen LogP contribution in [-0.4, -0.2) is 27.3 Å². The molecule has 17 heavy (non-hydrogen) atoms. The zero-order valence-electron chi connectivity index (χ0n) is 10.2. The second-order valence-electron chi connectivity index (χ2n) is 4.25. The van der Waals surface area contributed by atoms with Gasteiger partial charge in [-0.3, -0.25) is 4.79 Å². The number of carbonyl (C=O) groups is 1. The number of alkyl halides is 3. The number of halogens is 3. The second kappa shape index (κ2) is 9.19. The van der Waals surface area contributed by atoms with Crippen molar-refractivity contribution < 1.29 is 18.7 Å². The first-order valence-electron chi connectivity index (χ1n) is 6.10. The summed E-state index contributed by atoms with van der Waals surface area (Å²) in [5, 5.41) is 8.64. The Balaban J connectivity index is 3.97. The fourth-order valence-corrected chi connectivity index (χ4v) is 2.36. The summed E-state index contributed by atoms with van der Waals surface area (Å²) >= 11 is 1.86.